The largest absolute Gasteiger partial charge is 0.490 e. The lowest BCUT2D eigenvalue weighted by molar-refractivity contribution is 0.154. The van der Waals surface area contributed by atoms with E-state index in [2.05, 4.69) is 11.8 Å². The first-order valence-corrected chi connectivity index (χ1v) is 6.35. The van der Waals surface area contributed by atoms with E-state index in [4.69, 9.17) is 9.84 Å². The van der Waals surface area contributed by atoms with Gasteiger partial charge in [0, 0.05) is 11.6 Å². The highest BCUT2D eigenvalue weighted by Crippen LogP contribution is 2.24. The van der Waals surface area contributed by atoms with Crippen molar-refractivity contribution in [3.8, 4) is 17.6 Å². The van der Waals surface area contributed by atoms with Gasteiger partial charge in [-0.15, -0.1) is 0 Å². The van der Waals surface area contributed by atoms with Crippen molar-refractivity contribution in [2.45, 2.75) is 38.2 Å². The second kappa shape index (κ2) is 6.42. The molecule has 0 bridgehead atoms. The van der Waals surface area contributed by atoms with Crippen LogP contribution in [0.2, 0.25) is 0 Å². The summed E-state index contributed by atoms with van der Waals surface area (Å²) in [7, 11) is 0. The zero-order valence-electron chi connectivity index (χ0n) is 10.3. The molecule has 0 unspecified atom stereocenters. The van der Waals surface area contributed by atoms with Crippen LogP contribution in [0.25, 0.3) is 0 Å². The first-order chi connectivity index (χ1) is 8.78. The van der Waals surface area contributed by atoms with Crippen LogP contribution in [0.5, 0.6) is 5.75 Å². The van der Waals surface area contributed by atoms with Crippen molar-refractivity contribution in [1.82, 2.24) is 0 Å². The minimum absolute atomic E-state index is 0.194. The van der Waals surface area contributed by atoms with Gasteiger partial charge in [-0.2, -0.15) is 0 Å². The molecule has 1 aromatic rings. The summed E-state index contributed by atoms with van der Waals surface area (Å²) in [4.78, 5) is 0. The highest BCUT2D eigenvalue weighted by Gasteiger charge is 2.15. The van der Waals surface area contributed by atoms with Gasteiger partial charge >= 0.3 is 0 Å². The van der Waals surface area contributed by atoms with Gasteiger partial charge < -0.3 is 9.84 Å². The number of aliphatic hydroxyl groups is 1. The van der Waals surface area contributed by atoms with Crippen LogP contribution in [0.1, 0.15) is 37.7 Å². The lowest BCUT2D eigenvalue weighted by Crippen LogP contribution is -2.19. The number of aliphatic hydroxyl groups excluding tert-OH is 1. The van der Waals surface area contributed by atoms with Crippen molar-refractivity contribution < 1.29 is 14.2 Å². The van der Waals surface area contributed by atoms with Crippen molar-refractivity contribution >= 4 is 0 Å². The molecule has 0 saturated heterocycles. The second-order valence-electron chi connectivity index (χ2n) is 4.51. The summed E-state index contributed by atoms with van der Waals surface area (Å²) in [6.07, 6.45) is 5.88. The Morgan fingerprint density at radius 1 is 1.22 bits per heavy atom. The summed E-state index contributed by atoms with van der Waals surface area (Å²) in [6.45, 7) is -0.227. The lowest BCUT2D eigenvalue weighted by atomic mass is 9.98. The fourth-order valence-electron chi connectivity index (χ4n) is 2.22. The molecule has 0 atom stereocenters. The van der Waals surface area contributed by atoms with E-state index in [-0.39, 0.29) is 18.5 Å². The maximum Gasteiger partial charge on any atom is 0.128 e. The van der Waals surface area contributed by atoms with Crippen molar-refractivity contribution in [2.24, 2.45) is 0 Å². The number of hydrogen-bond acceptors (Lipinski definition) is 2. The van der Waals surface area contributed by atoms with E-state index >= 15 is 0 Å². The first-order valence-electron chi connectivity index (χ1n) is 6.35. The molecule has 1 aromatic carbocycles. The van der Waals surface area contributed by atoms with E-state index < -0.39 is 0 Å². The zero-order valence-corrected chi connectivity index (χ0v) is 10.3. The number of benzene rings is 1. The van der Waals surface area contributed by atoms with Crippen LogP contribution in [-0.4, -0.2) is 17.8 Å². The summed E-state index contributed by atoms with van der Waals surface area (Å²) in [5.41, 5.74) is 0.537. The SMILES string of the molecule is OCC#Cc1cc(F)cc(OC2CCCCC2)c1. The maximum absolute atomic E-state index is 13.4. The van der Waals surface area contributed by atoms with Gasteiger partial charge in [0.15, 0.2) is 0 Å². The van der Waals surface area contributed by atoms with Crippen LogP contribution >= 0.6 is 0 Å². The fourth-order valence-corrected chi connectivity index (χ4v) is 2.22. The first kappa shape index (κ1) is 12.9. The van der Waals surface area contributed by atoms with Crippen molar-refractivity contribution in [2.75, 3.05) is 6.61 Å². The molecular weight excluding hydrogens is 231 g/mol. The van der Waals surface area contributed by atoms with E-state index in [1.807, 2.05) is 0 Å². The van der Waals surface area contributed by atoms with Gasteiger partial charge in [-0.25, -0.2) is 4.39 Å². The fraction of sp³-hybridized carbons (Fsp3) is 0.467. The maximum atomic E-state index is 13.4. The third-order valence-corrected chi connectivity index (χ3v) is 3.04. The predicted molar refractivity (Wildman–Crippen MR) is 67.9 cm³/mol. The molecule has 0 aromatic heterocycles. The highest BCUT2D eigenvalue weighted by atomic mass is 19.1. The highest BCUT2D eigenvalue weighted by molar-refractivity contribution is 5.40. The molecule has 2 nitrogen and oxygen atoms in total. The normalized spacial score (nSPS) is 15.9. The van der Waals surface area contributed by atoms with Gasteiger partial charge in [0.1, 0.15) is 18.2 Å². The third kappa shape index (κ3) is 3.75. The van der Waals surface area contributed by atoms with Gasteiger partial charge in [0.05, 0.1) is 6.10 Å². The minimum atomic E-state index is -0.356. The molecule has 3 heteroatoms. The lowest BCUT2D eigenvalue weighted by Gasteiger charge is -2.23. The van der Waals surface area contributed by atoms with Crippen molar-refractivity contribution in [3.63, 3.8) is 0 Å². The Labute approximate surface area is 107 Å². The molecule has 0 aliphatic heterocycles. The Morgan fingerprint density at radius 3 is 2.72 bits per heavy atom. The Kier molecular flexibility index (Phi) is 4.60. The molecule has 0 heterocycles. The summed E-state index contributed by atoms with van der Waals surface area (Å²) in [5.74, 6) is 5.37. The van der Waals surface area contributed by atoms with E-state index in [1.54, 1.807) is 6.07 Å². The molecule has 1 aliphatic rings. The zero-order chi connectivity index (χ0) is 12.8. The molecule has 1 aliphatic carbocycles. The molecule has 0 radical (unpaired) electrons. The molecule has 0 spiro atoms. The predicted octanol–water partition coefficient (Wildman–Crippen LogP) is 2.88. The standard InChI is InChI=1S/C15H17FO2/c16-13-9-12(5-4-8-17)10-15(11-13)18-14-6-2-1-3-7-14/h9-11,14,17H,1-3,6-8H2. The van der Waals surface area contributed by atoms with Gasteiger partial charge in [0.25, 0.3) is 0 Å². The van der Waals surface area contributed by atoms with E-state index in [0.29, 0.717) is 11.3 Å². The third-order valence-electron chi connectivity index (χ3n) is 3.04. The summed E-state index contributed by atoms with van der Waals surface area (Å²) in [5, 5.41) is 8.63. The van der Waals surface area contributed by atoms with Crippen LogP contribution < -0.4 is 4.74 Å². The number of rotatable bonds is 2. The van der Waals surface area contributed by atoms with Crippen LogP contribution in [-0.2, 0) is 0 Å². The van der Waals surface area contributed by atoms with Crippen LogP contribution in [0, 0.1) is 17.7 Å². The van der Waals surface area contributed by atoms with Crippen LogP contribution in [0.4, 0.5) is 4.39 Å². The average Bonchev–Trinajstić information content (AvgIpc) is 2.37. The topological polar surface area (TPSA) is 29.5 Å². The number of halogens is 1. The summed E-state index contributed by atoms with van der Waals surface area (Å²) in [6, 6.07) is 4.45. The minimum Gasteiger partial charge on any atom is -0.490 e. The van der Waals surface area contributed by atoms with Gasteiger partial charge in [-0.05, 0) is 37.8 Å². The summed E-state index contributed by atoms with van der Waals surface area (Å²) >= 11 is 0. The van der Waals surface area contributed by atoms with Gasteiger partial charge in [-0.3, -0.25) is 0 Å². The molecule has 18 heavy (non-hydrogen) atoms. The Hall–Kier alpha value is -1.53. The Bertz CT molecular complexity index is 453. The Morgan fingerprint density at radius 2 is 2.00 bits per heavy atom. The smallest absolute Gasteiger partial charge is 0.128 e. The summed E-state index contributed by atoms with van der Waals surface area (Å²) < 4.78 is 19.2. The molecular formula is C15H17FO2. The molecule has 1 saturated carbocycles. The second-order valence-corrected chi connectivity index (χ2v) is 4.51. The van der Waals surface area contributed by atoms with Gasteiger partial charge in [-0.1, -0.05) is 18.3 Å². The number of hydrogen-bond donors (Lipinski definition) is 1. The quantitative estimate of drug-likeness (QED) is 0.815. The van der Waals surface area contributed by atoms with Crippen molar-refractivity contribution in [3.05, 3.63) is 29.6 Å². The van der Waals surface area contributed by atoms with Crippen LogP contribution in [0.15, 0.2) is 18.2 Å². The Balaban J connectivity index is 2.09. The van der Waals surface area contributed by atoms with Crippen molar-refractivity contribution in [1.29, 1.82) is 0 Å². The molecule has 2 rings (SSSR count). The molecule has 1 N–H and O–H groups in total. The van der Waals surface area contributed by atoms with E-state index in [0.717, 1.165) is 12.8 Å². The molecule has 0 amide bonds. The average molecular weight is 248 g/mol. The van der Waals surface area contributed by atoms with E-state index in [9.17, 15) is 4.39 Å². The monoisotopic (exact) mass is 248 g/mol. The van der Waals surface area contributed by atoms with E-state index in [1.165, 1.54) is 31.4 Å². The van der Waals surface area contributed by atoms with Crippen LogP contribution in [0.3, 0.4) is 0 Å². The molecule has 96 valence electrons. The number of ether oxygens (including phenoxy) is 1. The molecule has 1 fully saturated rings. The van der Waals surface area contributed by atoms with Gasteiger partial charge in [0.2, 0.25) is 0 Å².